The third-order valence-electron chi connectivity index (χ3n) is 4.00. The summed E-state index contributed by atoms with van der Waals surface area (Å²) in [7, 11) is 0. The van der Waals surface area contributed by atoms with E-state index < -0.39 is 5.54 Å². The summed E-state index contributed by atoms with van der Waals surface area (Å²) >= 11 is 1.08. The molecule has 0 saturated heterocycles. The molecule has 0 atom stereocenters. The SMILES string of the molecule is CCc1nnsc1C(=O)NC1(C(N)=NO)CCCCCC1. The number of aryl methyl sites for hydroxylation is 1. The summed E-state index contributed by atoms with van der Waals surface area (Å²) in [6, 6.07) is 0. The Balaban J connectivity index is 2.24. The molecule has 116 valence electrons. The third-order valence-corrected chi connectivity index (χ3v) is 4.77. The van der Waals surface area contributed by atoms with E-state index in [2.05, 4.69) is 20.1 Å². The van der Waals surface area contributed by atoms with Crippen LogP contribution < -0.4 is 11.1 Å². The molecule has 1 fully saturated rings. The molecule has 0 unspecified atom stereocenters. The number of hydrogen-bond donors (Lipinski definition) is 3. The summed E-state index contributed by atoms with van der Waals surface area (Å²) in [5, 5.41) is 19.2. The zero-order valence-electron chi connectivity index (χ0n) is 12.1. The number of nitrogens with one attached hydrogen (secondary N) is 1. The second kappa shape index (κ2) is 6.84. The molecule has 1 saturated carbocycles. The Kier molecular flexibility index (Phi) is 5.11. The minimum Gasteiger partial charge on any atom is -0.409 e. The molecule has 1 aromatic rings. The predicted octanol–water partition coefficient (Wildman–Crippen LogP) is 1.67. The number of aromatic nitrogens is 2. The zero-order chi connectivity index (χ0) is 15.3. The van der Waals surface area contributed by atoms with Crippen molar-refractivity contribution in [3.8, 4) is 0 Å². The Hall–Kier alpha value is -1.70. The van der Waals surface area contributed by atoms with Crippen molar-refractivity contribution in [2.24, 2.45) is 10.9 Å². The van der Waals surface area contributed by atoms with Crippen LogP contribution in [0.3, 0.4) is 0 Å². The van der Waals surface area contributed by atoms with Crippen LogP contribution in [-0.2, 0) is 6.42 Å². The first-order chi connectivity index (χ1) is 10.1. The van der Waals surface area contributed by atoms with E-state index in [9.17, 15) is 4.79 Å². The first-order valence-corrected chi connectivity index (χ1v) is 8.02. The van der Waals surface area contributed by atoms with E-state index in [1.165, 1.54) is 0 Å². The molecule has 2 rings (SSSR count). The van der Waals surface area contributed by atoms with Gasteiger partial charge in [0.05, 0.1) is 5.69 Å². The lowest BCUT2D eigenvalue weighted by Crippen LogP contribution is -2.57. The van der Waals surface area contributed by atoms with Crippen LogP contribution in [0.2, 0.25) is 0 Å². The minimum absolute atomic E-state index is 0.0771. The normalized spacial score (nSPS) is 19.0. The van der Waals surface area contributed by atoms with Gasteiger partial charge in [-0.05, 0) is 30.8 Å². The standard InChI is InChI=1S/C13H21N5O2S/c1-2-9-10(21-18-16-9)11(19)15-13(12(14)17-20)7-5-3-4-6-8-13/h20H,2-8H2,1H3,(H2,14,17)(H,15,19). The van der Waals surface area contributed by atoms with Crippen molar-refractivity contribution in [2.75, 3.05) is 0 Å². The fourth-order valence-corrected chi connectivity index (χ4v) is 3.40. The van der Waals surface area contributed by atoms with Crippen molar-refractivity contribution in [2.45, 2.75) is 57.4 Å². The molecule has 1 heterocycles. The number of amidine groups is 1. The molecule has 7 nitrogen and oxygen atoms in total. The van der Waals surface area contributed by atoms with E-state index in [0.29, 0.717) is 29.8 Å². The summed E-state index contributed by atoms with van der Waals surface area (Å²) in [5.41, 5.74) is 5.80. The smallest absolute Gasteiger partial charge is 0.265 e. The van der Waals surface area contributed by atoms with E-state index in [1.807, 2.05) is 6.92 Å². The Bertz CT molecular complexity index is 520. The highest BCUT2D eigenvalue weighted by atomic mass is 32.1. The maximum atomic E-state index is 12.5. The first-order valence-electron chi connectivity index (χ1n) is 7.24. The van der Waals surface area contributed by atoms with Crippen molar-refractivity contribution in [1.82, 2.24) is 14.9 Å². The molecule has 1 amide bonds. The Labute approximate surface area is 127 Å². The lowest BCUT2D eigenvalue weighted by atomic mass is 9.88. The van der Waals surface area contributed by atoms with Crippen LogP contribution in [-0.4, -0.2) is 32.1 Å². The van der Waals surface area contributed by atoms with E-state index in [0.717, 1.165) is 37.2 Å². The molecule has 1 aromatic heterocycles. The van der Waals surface area contributed by atoms with E-state index in [1.54, 1.807) is 0 Å². The van der Waals surface area contributed by atoms with Gasteiger partial charge in [-0.25, -0.2) is 0 Å². The number of nitrogens with two attached hydrogens (primary N) is 1. The minimum atomic E-state index is -0.767. The van der Waals surface area contributed by atoms with Crippen LogP contribution in [0.1, 0.15) is 60.8 Å². The zero-order valence-corrected chi connectivity index (χ0v) is 12.9. The van der Waals surface area contributed by atoms with Crippen molar-refractivity contribution in [1.29, 1.82) is 0 Å². The summed E-state index contributed by atoms with van der Waals surface area (Å²) in [5.74, 6) is -0.163. The Morgan fingerprint density at radius 1 is 1.43 bits per heavy atom. The van der Waals surface area contributed by atoms with Crippen LogP contribution in [0, 0.1) is 0 Å². The van der Waals surface area contributed by atoms with Gasteiger partial charge in [-0.15, -0.1) is 5.10 Å². The van der Waals surface area contributed by atoms with Gasteiger partial charge >= 0.3 is 0 Å². The fraction of sp³-hybridized carbons (Fsp3) is 0.692. The quantitative estimate of drug-likeness (QED) is 0.257. The van der Waals surface area contributed by atoms with Crippen molar-refractivity contribution >= 4 is 23.3 Å². The number of carbonyl (C=O) groups excluding carboxylic acids is 1. The number of nitrogens with zero attached hydrogens (tertiary/aromatic N) is 3. The van der Waals surface area contributed by atoms with Gasteiger partial charge in [0, 0.05) is 0 Å². The molecule has 0 aromatic carbocycles. The fourth-order valence-electron chi connectivity index (χ4n) is 2.76. The van der Waals surface area contributed by atoms with Gasteiger partial charge in [-0.3, -0.25) is 4.79 Å². The number of rotatable bonds is 4. The Morgan fingerprint density at radius 3 is 2.67 bits per heavy atom. The number of carbonyl (C=O) groups is 1. The molecular formula is C13H21N5O2S. The van der Waals surface area contributed by atoms with E-state index in [4.69, 9.17) is 10.9 Å². The van der Waals surface area contributed by atoms with Gasteiger partial charge < -0.3 is 16.3 Å². The number of hydrogen-bond acceptors (Lipinski definition) is 6. The molecule has 1 aliphatic carbocycles. The van der Waals surface area contributed by atoms with Crippen LogP contribution in [0.25, 0.3) is 0 Å². The van der Waals surface area contributed by atoms with Crippen LogP contribution in [0.4, 0.5) is 0 Å². The molecule has 21 heavy (non-hydrogen) atoms. The van der Waals surface area contributed by atoms with Crippen molar-refractivity contribution in [3.63, 3.8) is 0 Å². The lowest BCUT2D eigenvalue weighted by molar-refractivity contribution is 0.0918. The topological polar surface area (TPSA) is 113 Å². The van der Waals surface area contributed by atoms with Gasteiger partial charge in [0.25, 0.3) is 5.91 Å². The lowest BCUT2D eigenvalue weighted by Gasteiger charge is -2.32. The molecule has 8 heteroatoms. The van der Waals surface area contributed by atoms with Crippen LogP contribution in [0.15, 0.2) is 5.16 Å². The van der Waals surface area contributed by atoms with Gasteiger partial charge in [-0.1, -0.05) is 42.3 Å². The predicted molar refractivity (Wildman–Crippen MR) is 80.6 cm³/mol. The molecule has 4 N–H and O–H groups in total. The summed E-state index contributed by atoms with van der Waals surface area (Å²) in [4.78, 5) is 13.0. The highest BCUT2D eigenvalue weighted by Crippen LogP contribution is 2.28. The van der Waals surface area contributed by atoms with Crippen LogP contribution in [0.5, 0.6) is 0 Å². The van der Waals surface area contributed by atoms with Gasteiger partial charge in [0.15, 0.2) is 5.84 Å². The van der Waals surface area contributed by atoms with E-state index >= 15 is 0 Å². The van der Waals surface area contributed by atoms with Gasteiger partial charge in [0.2, 0.25) is 0 Å². The van der Waals surface area contributed by atoms with Crippen molar-refractivity contribution in [3.05, 3.63) is 10.6 Å². The molecule has 1 aliphatic rings. The Morgan fingerprint density at radius 2 is 2.10 bits per heavy atom. The number of amides is 1. The summed E-state index contributed by atoms with van der Waals surface area (Å²) < 4.78 is 3.83. The third kappa shape index (κ3) is 3.31. The molecule has 0 aliphatic heterocycles. The number of oxime groups is 1. The largest absolute Gasteiger partial charge is 0.409 e. The first kappa shape index (κ1) is 15.7. The van der Waals surface area contributed by atoms with Gasteiger partial charge in [0.1, 0.15) is 10.4 Å². The summed E-state index contributed by atoms with van der Waals surface area (Å²) in [6.07, 6.45) is 6.09. The molecule has 0 radical (unpaired) electrons. The maximum Gasteiger partial charge on any atom is 0.265 e. The average molecular weight is 311 g/mol. The average Bonchev–Trinajstić information content (AvgIpc) is 2.86. The molecule has 0 bridgehead atoms. The second-order valence-electron chi connectivity index (χ2n) is 5.34. The van der Waals surface area contributed by atoms with Gasteiger partial charge in [-0.2, -0.15) is 0 Å². The maximum absolute atomic E-state index is 12.5. The highest BCUT2D eigenvalue weighted by molar-refractivity contribution is 7.08. The molecular weight excluding hydrogens is 290 g/mol. The molecule has 0 spiro atoms. The van der Waals surface area contributed by atoms with Crippen LogP contribution >= 0.6 is 11.5 Å². The second-order valence-corrected chi connectivity index (χ2v) is 6.09. The summed E-state index contributed by atoms with van der Waals surface area (Å²) in [6.45, 7) is 1.93. The monoisotopic (exact) mass is 311 g/mol. The van der Waals surface area contributed by atoms with Crippen molar-refractivity contribution < 1.29 is 10.0 Å². The van der Waals surface area contributed by atoms with E-state index in [-0.39, 0.29) is 11.7 Å². The highest BCUT2D eigenvalue weighted by Gasteiger charge is 2.38.